The van der Waals surface area contributed by atoms with Crippen molar-refractivity contribution in [1.29, 1.82) is 5.26 Å². The Kier molecular flexibility index (Phi) is 2.90. The first-order valence-electron chi connectivity index (χ1n) is 5.37. The van der Waals surface area contributed by atoms with Crippen molar-refractivity contribution < 1.29 is 13.9 Å². The average molecular weight is 235 g/mol. The zero-order chi connectivity index (χ0) is 12.5. The summed E-state index contributed by atoms with van der Waals surface area (Å²) in [6, 6.07) is 8.40. The summed E-state index contributed by atoms with van der Waals surface area (Å²) in [6.07, 6.45) is 0.847. The van der Waals surface area contributed by atoms with Crippen LogP contribution in [0.15, 0.2) is 24.3 Å². The van der Waals surface area contributed by atoms with Crippen molar-refractivity contribution in [3.8, 4) is 6.07 Å². The Morgan fingerprint density at radius 2 is 1.94 bits per heavy atom. The van der Waals surface area contributed by atoms with Crippen LogP contribution in [-0.2, 0) is 14.9 Å². The number of ether oxygens (including phenoxy) is 2. The Morgan fingerprint density at radius 3 is 2.41 bits per heavy atom. The highest BCUT2D eigenvalue weighted by Crippen LogP contribution is 2.52. The Morgan fingerprint density at radius 1 is 1.29 bits per heavy atom. The topological polar surface area (TPSA) is 42.2 Å². The van der Waals surface area contributed by atoms with E-state index in [2.05, 4.69) is 6.07 Å². The predicted octanol–water partition coefficient (Wildman–Crippen LogP) is 2.37. The van der Waals surface area contributed by atoms with Crippen LogP contribution in [0.2, 0.25) is 0 Å². The molecule has 0 spiro atoms. The number of benzene rings is 1. The van der Waals surface area contributed by atoms with Gasteiger partial charge in [-0.3, -0.25) is 0 Å². The molecule has 1 aliphatic carbocycles. The second-order valence-corrected chi connectivity index (χ2v) is 4.38. The molecule has 0 amide bonds. The summed E-state index contributed by atoms with van der Waals surface area (Å²) in [5.74, 6) is -1.04. The molecule has 0 radical (unpaired) electrons. The van der Waals surface area contributed by atoms with Gasteiger partial charge in [0.2, 0.25) is 0 Å². The monoisotopic (exact) mass is 235 g/mol. The molecule has 0 aliphatic heterocycles. The molecule has 2 rings (SSSR count). The summed E-state index contributed by atoms with van der Waals surface area (Å²) in [4.78, 5) is 0. The van der Waals surface area contributed by atoms with Crippen LogP contribution in [0.5, 0.6) is 0 Å². The third-order valence-corrected chi connectivity index (χ3v) is 3.48. The fourth-order valence-corrected chi connectivity index (χ4v) is 2.37. The average Bonchev–Trinajstić information content (AvgIpc) is 2.30. The molecule has 0 atom stereocenters. The molecule has 0 N–H and O–H groups in total. The van der Waals surface area contributed by atoms with Crippen LogP contribution >= 0.6 is 0 Å². The van der Waals surface area contributed by atoms with Gasteiger partial charge in [0, 0.05) is 27.1 Å². The molecule has 3 nitrogen and oxygen atoms in total. The van der Waals surface area contributed by atoms with E-state index in [0.29, 0.717) is 18.4 Å². The third kappa shape index (κ3) is 1.82. The minimum atomic E-state index is -0.706. The van der Waals surface area contributed by atoms with E-state index in [1.807, 2.05) is 0 Å². The van der Waals surface area contributed by atoms with E-state index in [1.165, 1.54) is 12.1 Å². The van der Waals surface area contributed by atoms with Crippen LogP contribution < -0.4 is 0 Å². The maximum Gasteiger partial charge on any atom is 0.171 e. The van der Waals surface area contributed by atoms with Gasteiger partial charge in [-0.2, -0.15) is 5.26 Å². The lowest BCUT2D eigenvalue weighted by Crippen LogP contribution is -2.56. The standard InChI is InChI=1S/C13H14FNO2/c1-16-13(17-2)7-12(8-13,9-15)10-4-3-5-11(14)6-10/h3-6H,7-8H2,1-2H3. The summed E-state index contributed by atoms with van der Waals surface area (Å²) in [5.41, 5.74) is -0.0153. The molecule has 4 heteroatoms. The van der Waals surface area contributed by atoms with Gasteiger partial charge in [-0.1, -0.05) is 12.1 Å². The quantitative estimate of drug-likeness (QED) is 0.755. The number of nitriles is 1. The van der Waals surface area contributed by atoms with Crippen LogP contribution in [0.3, 0.4) is 0 Å². The van der Waals surface area contributed by atoms with E-state index >= 15 is 0 Å². The van der Waals surface area contributed by atoms with Gasteiger partial charge in [-0.25, -0.2) is 4.39 Å². The van der Waals surface area contributed by atoms with E-state index in [-0.39, 0.29) is 5.82 Å². The molecule has 90 valence electrons. The zero-order valence-electron chi connectivity index (χ0n) is 9.87. The Hall–Kier alpha value is -1.44. The first-order valence-corrected chi connectivity index (χ1v) is 5.37. The maximum absolute atomic E-state index is 13.2. The molecule has 0 aromatic heterocycles. The summed E-state index contributed by atoms with van der Waals surface area (Å²) < 4.78 is 23.7. The van der Waals surface area contributed by atoms with Gasteiger partial charge in [0.25, 0.3) is 0 Å². The first kappa shape index (κ1) is 12.0. The van der Waals surface area contributed by atoms with Crippen molar-refractivity contribution in [3.63, 3.8) is 0 Å². The fraction of sp³-hybridized carbons (Fsp3) is 0.462. The lowest BCUT2D eigenvalue weighted by molar-refractivity contribution is -0.269. The van der Waals surface area contributed by atoms with E-state index in [0.717, 1.165) is 0 Å². The van der Waals surface area contributed by atoms with Gasteiger partial charge in [0.15, 0.2) is 5.79 Å². The second-order valence-electron chi connectivity index (χ2n) is 4.38. The van der Waals surface area contributed by atoms with Crippen LogP contribution in [0.4, 0.5) is 4.39 Å². The van der Waals surface area contributed by atoms with Crippen molar-refractivity contribution in [3.05, 3.63) is 35.6 Å². The number of nitrogens with zero attached hydrogens (tertiary/aromatic N) is 1. The number of hydrogen-bond acceptors (Lipinski definition) is 3. The summed E-state index contributed by atoms with van der Waals surface area (Å²) >= 11 is 0. The van der Waals surface area contributed by atoms with Gasteiger partial charge >= 0.3 is 0 Å². The van der Waals surface area contributed by atoms with Gasteiger partial charge < -0.3 is 9.47 Å². The number of rotatable bonds is 3. The molecular weight excluding hydrogens is 221 g/mol. The van der Waals surface area contributed by atoms with Gasteiger partial charge in [-0.15, -0.1) is 0 Å². The molecule has 0 unspecified atom stereocenters. The van der Waals surface area contributed by atoms with E-state index < -0.39 is 11.2 Å². The molecule has 0 saturated heterocycles. The first-order chi connectivity index (χ1) is 8.10. The minimum Gasteiger partial charge on any atom is -0.353 e. The van der Waals surface area contributed by atoms with Gasteiger partial charge in [0.05, 0.1) is 11.5 Å². The zero-order valence-corrected chi connectivity index (χ0v) is 9.87. The van der Waals surface area contributed by atoms with Crippen LogP contribution in [0.25, 0.3) is 0 Å². The molecule has 1 aromatic carbocycles. The number of methoxy groups -OCH3 is 2. The molecule has 1 aromatic rings. The van der Waals surface area contributed by atoms with E-state index in [1.54, 1.807) is 26.4 Å². The maximum atomic E-state index is 13.2. The smallest absolute Gasteiger partial charge is 0.171 e. The molecule has 1 aliphatic rings. The van der Waals surface area contributed by atoms with Crippen LogP contribution in [0.1, 0.15) is 18.4 Å². The lowest BCUT2D eigenvalue weighted by Gasteiger charge is -2.50. The lowest BCUT2D eigenvalue weighted by atomic mass is 9.61. The van der Waals surface area contributed by atoms with Crippen molar-refractivity contribution in [2.75, 3.05) is 14.2 Å². The predicted molar refractivity (Wildman–Crippen MR) is 59.7 cm³/mol. The molecular formula is C13H14FNO2. The normalized spacial score (nSPS) is 20.4. The van der Waals surface area contributed by atoms with Gasteiger partial charge in [0.1, 0.15) is 5.82 Å². The molecule has 1 fully saturated rings. The Balaban J connectivity index is 2.29. The van der Waals surface area contributed by atoms with Gasteiger partial charge in [-0.05, 0) is 17.7 Å². The minimum absolute atomic E-state index is 0.329. The van der Waals surface area contributed by atoms with Crippen molar-refractivity contribution in [2.24, 2.45) is 0 Å². The van der Waals surface area contributed by atoms with E-state index in [4.69, 9.17) is 9.47 Å². The number of hydrogen-bond donors (Lipinski definition) is 0. The Labute approximate surface area is 99.8 Å². The van der Waals surface area contributed by atoms with Crippen LogP contribution in [0, 0.1) is 17.1 Å². The second kappa shape index (κ2) is 4.10. The largest absolute Gasteiger partial charge is 0.353 e. The van der Waals surface area contributed by atoms with Crippen molar-refractivity contribution in [2.45, 2.75) is 24.0 Å². The highest BCUT2D eigenvalue weighted by molar-refractivity contribution is 5.38. The van der Waals surface area contributed by atoms with E-state index in [9.17, 15) is 9.65 Å². The number of halogens is 1. The fourth-order valence-electron chi connectivity index (χ4n) is 2.37. The summed E-state index contributed by atoms with van der Waals surface area (Å²) in [7, 11) is 3.10. The van der Waals surface area contributed by atoms with Crippen molar-refractivity contribution in [1.82, 2.24) is 0 Å². The summed E-state index contributed by atoms with van der Waals surface area (Å²) in [5, 5.41) is 9.32. The van der Waals surface area contributed by atoms with Crippen molar-refractivity contribution >= 4 is 0 Å². The SMILES string of the molecule is COC1(OC)CC(C#N)(c2cccc(F)c2)C1. The third-order valence-electron chi connectivity index (χ3n) is 3.48. The Bertz CT molecular complexity index is 455. The molecule has 0 bridgehead atoms. The molecule has 0 heterocycles. The molecule has 17 heavy (non-hydrogen) atoms. The highest BCUT2D eigenvalue weighted by atomic mass is 19.1. The molecule has 1 saturated carbocycles. The van der Waals surface area contributed by atoms with Crippen LogP contribution in [-0.4, -0.2) is 20.0 Å². The highest BCUT2D eigenvalue weighted by Gasteiger charge is 2.57. The summed E-state index contributed by atoms with van der Waals surface area (Å²) in [6.45, 7) is 0.